The lowest BCUT2D eigenvalue weighted by Crippen LogP contribution is -2.53. The molecule has 4 aliphatic carbocycles. The zero-order valence-corrected chi connectivity index (χ0v) is 21.5. The Morgan fingerprint density at radius 3 is 2.62 bits per heavy atom. The number of carbonyl (C=O) groups is 1. The van der Waals surface area contributed by atoms with E-state index in [0.29, 0.717) is 17.7 Å². The van der Waals surface area contributed by atoms with Gasteiger partial charge < -0.3 is 5.11 Å². The van der Waals surface area contributed by atoms with E-state index in [9.17, 15) is 4.79 Å². The predicted octanol–water partition coefficient (Wildman–Crippen LogP) is 5.90. The van der Waals surface area contributed by atoms with E-state index in [2.05, 4.69) is 30.9 Å². The first kappa shape index (κ1) is 24.0. The molecule has 1 N–H and O–H groups in total. The molecule has 5 heteroatoms. The van der Waals surface area contributed by atoms with E-state index < -0.39 is 0 Å². The Kier molecular flexibility index (Phi) is 6.37. The Labute approximate surface area is 204 Å². The van der Waals surface area contributed by atoms with Gasteiger partial charge in [0.15, 0.2) is 5.78 Å². The van der Waals surface area contributed by atoms with Crippen molar-refractivity contribution in [1.29, 1.82) is 0 Å². The molecule has 0 spiro atoms. The zero-order chi connectivity index (χ0) is 24.1. The number of nitrogens with zero attached hydrogens (tertiary/aromatic N) is 3. The van der Waals surface area contributed by atoms with Crippen LogP contribution in [-0.2, 0) is 11.3 Å². The van der Waals surface area contributed by atoms with Gasteiger partial charge in [0.1, 0.15) is 6.54 Å². The molecular weight excluding hydrogens is 422 g/mol. The van der Waals surface area contributed by atoms with Crippen LogP contribution in [0.25, 0.3) is 10.9 Å². The lowest BCUT2D eigenvalue weighted by Gasteiger charge is -2.61. The fourth-order valence-electron chi connectivity index (χ4n) is 9.30. The molecule has 0 saturated heterocycles. The van der Waals surface area contributed by atoms with Crippen LogP contribution in [0.15, 0.2) is 24.7 Å². The summed E-state index contributed by atoms with van der Waals surface area (Å²) >= 11 is 0. The minimum Gasteiger partial charge on any atom is -0.400 e. The molecule has 34 heavy (non-hydrogen) atoms. The number of ketones is 1. The molecule has 8 unspecified atom stereocenters. The van der Waals surface area contributed by atoms with E-state index in [1.807, 2.05) is 23.1 Å². The molecule has 186 valence electrons. The Hall–Kier alpha value is -1.75. The van der Waals surface area contributed by atoms with E-state index in [1.165, 1.54) is 51.4 Å². The molecule has 6 rings (SSSR count). The third-order valence-electron chi connectivity index (χ3n) is 11.1. The lowest BCUT2D eigenvalue weighted by molar-refractivity contribution is -0.137. The van der Waals surface area contributed by atoms with Gasteiger partial charge in [-0.15, -0.1) is 0 Å². The summed E-state index contributed by atoms with van der Waals surface area (Å²) < 4.78 is 1.88. The van der Waals surface area contributed by atoms with Crippen molar-refractivity contribution < 1.29 is 9.90 Å². The van der Waals surface area contributed by atoms with Gasteiger partial charge in [-0.1, -0.05) is 27.2 Å². The molecule has 4 fully saturated rings. The summed E-state index contributed by atoms with van der Waals surface area (Å²) in [5, 5.41) is 12.6. The predicted molar refractivity (Wildman–Crippen MR) is 135 cm³/mol. The number of aliphatic hydroxyl groups is 1. The molecule has 0 amide bonds. The van der Waals surface area contributed by atoms with Crippen molar-refractivity contribution in [3.63, 3.8) is 0 Å². The van der Waals surface area contributed by atoms with E-state index in [4.69, 9.17) is 5.11 Å². The molecule has 2 aromatic rings. The topological polar surface area (TPSA) is 68.0 Å². The van der Waals surface area contributed by atoms with Crippen molar-refractivity contribution in [2.45, 2.75) is 85.1 Å². The SMILES string of the molecule is CC1CCC2(C)C(CCC3C2CCC2(C)C(C(=O)Cn4ncc5ccncc54)CCC32)C1.CO. The summed E-state index contributed by atoms with van der Waals surface area (Å²) in [6.45, 7) is 7.99. The average Bonchev–Trinajstić information content (AvgIpc) is 3.41. The Morgan fingerprint density at radius 2 is 1.79 bits per heavy atom. The van der Waals surface area contributed by atoms with E-state index in [0.717, 1.165) is 54.0 Å². The van der Waals surface area contributed by atoms with Crippen LogP contribution >= 0.6 is 0 Å². The number of fused-ring (bicyclic) bond motifs is 6. The number of pyridine rings is 1. The van der Waals surface area contributed by atoms with Crippen molar-refractivity contribution in [3.05, 3.63) is 24.7 Å². The smallest absolute Gasteiger partial charge is 0.157 e. The van der Waals surface area contributed by atoms with Gasteiger partial charge in [-0.05, 0) is 97.9 Å². The second-order valence-electron chi connectivity index (χ2n) is 12.4. The van der Waals surface area contributed by atoms with Crippen molar-refractivity contribution in [2.24, 2.45) is 46.3 Å². The highest BCUT2D eigenvalue weighted by atomic mass is 16.2. The summed E-state index contributed by atoms with van der Waals surface area (Å²) in [6, 6.07) is 1.97. The number of hydrogen-bond acceptors (Lipinski definition) is 4. The highest BCUT2D eigenvalue weighted by molar-refractivity contribution is 5.84. The molecular formula is C29H43N3O2. The molecule has 4 aliphatic rings. The van der Waals surface area contributed by atoms with Crippen molar-refractivity contribution >= 4 is 16.7 Å². The Balaban J connectivity index is 0.00000117. The quantitative estimate of drug-likeness (QED) is 0.612. The molecule has 0 radical (unpaired) electrons. The zero-order valence-electron chi connectivity index (χ0n) is 21.5. The summed E-state index contributed by atoms with van der Waals surface area (Å²) in [7, 11) is 1.00. The molecule has 2 aromatic heterocycles. The normalized spacial score (nSPS) is 41.1. The van der Waals surface area contributed by atoms with E-state index >= 15 is 0 Å². The monoisotopic (exact) mass is 465 g/mol. The Morgan fingerprint density at radius 1 is 1.03 bits per heavy atom. The number of aliphatic hydroxyl groups excluding tert-OH is 1. The van der Waals surface area contributed by atoms with Gasteiger partial charge in [-0.25, -0.2) is 0 Å². The van der Waals surface area contributed by atoms with Crippen LogP contribution in [0.1, 0.15) is 78.6 Å². The number of carbonyl (C=O) groups excluding carboxylic acids is 1. The third kappa shape index (κ3) is 3.65. The minimum absolute atomic E-state index is 0.185. The van der Waals surface area contributed by atoms with Crippen LogP contribution in [0.2, 0.25) is 0 Å². The van der Waals surface area contributed by atoms with Gasteiger partial charge in [0.25, 0.3) is 0 Å². The third-order valence-corrected chi connectivity index (χ3v) is 11.1. The first-order chi connectivity index (χ1) is 16.4. The number of Topliss-reactive ketones (excluding diaryl/α,β-unsaturated/α-hetero) is 1. The molecule has 2 heterocycles. The average molecular weight is 466 g/mol. The van der Waals surface area contributed by atoms with Crippen LogP contribution in [0.4, 0.5) is 0 Å². The fourth-order valence-corrected chi connectivity index (χ4v) is 9.30. The van der Waals surface area contributed by atoms with Gasteiger partial charge in [0, 0.05) is 24.6 Å². The molecule has 0 aromatic carbocycles. The molecule has 0 bridgehead atoms. The van der Waals surface area contributed by atoms with Crippen molar-refractivity contribution in [3.8, 4) is 0 Å². The maximum Gasteiger partial charge on any atom is 0.157 e. The molecule has 5 nitrogen and oxygen atoms in total. The second kappa shape index (κ2) is 9.04. The number of aromatic nitrogens is 3. The first-order valence-electron chi connectivity index (χ1n) is 13.6. The molecule has 0 aliphatic heterocycles. The van der Waals surface area contributed by atoms with Crippen LogP contribution in [0.3, 0.4) is 0 Å². The van der Waals surface area contributed by atoms with Crippen molar-refractivity contribution in [2.75, 3.05) is 7.11 Å². The highest BCUT2D eigenvalue weighted by Crippen LogP contribution is 2.67. The summed E-state index contributed by atoms with van der Waals surface area (Å²) in [5.41, 5.74) is 1.71. The summed E-state index contributed by atoms with van der Waals surface area (Å²) in [6.07, 6.45) is 17.6. The highest BCUT2D eigenvalue weighted by Gasteiger charge is 2.60. The van der Waals surface area contributed by atoms with Crippen LogP contribution in [-0.4, -0.2) is 32.8 Å². The van der Waals surface area contributed by atoms with Crippen LogP contribution in [0.5, 0.6) is 0 Å². The largest absolute Gasteiger partial charge is 0.400 e. The van der Waals surface area contributed by atoms with Gasteiger partial charge in [0.2, 0.25) is 0 Å². The summed E-state index contributed by atoms with van der Waals surface area (Å²) in [5.74, 6) is 4.93. The lowest BCUT2D eigenvalue weighted by atomic mass is 9.44. The van der Waals surface area contributed by atoms with Gasteiger partial charge >= 0.3 is 0 Å². The standard InChI is InChI=1S/C28H39N3O.CH4O/c1-18-8-11-27(2)20(14-18)4-5-21-22-6-7-24(28(22,3)12-9-23(21)27)26(32)17-31-25-16-29-13-10-19(25)15-30-31;1-2/h10,13,15-16,18,20-24H,4-9,11-12,14,17H2,1-3H3;2H,1H3. The first-order valence-corrected chi connectivity index (χ1v) is 13.6. The molecule has 8 atom stereocenters. The van der Waals surface area contributed by atoms with Crippen LogP contribution < -0.4 is 0 Å². The van der Waals surface area contributed by atoms with E-state index in [1.54, 1.807) is 6.20 Å². The second-order valence-corrected chi connectivity index (χ2v) is 12.4. The number of rotatable bonds is 3. The Bertz CT molecular complexity index is 1030. The molecule has 4 saturated carbocycles. The van der Waals surface area contributed by atoms with Gasteiger partial charge in [-0.3, -0.25) is 14.5 Å². The van der Waals surface area contributed by atoms with Gasteiger partial charge in [0.05, 0.1) is 17.9 Å². The minimum atomic E-state index is 0.185. The maximum absolute atomic E-state index is 13.6. The van der Waals surface area contributed by atoms with E-state index in [-0.39, 0.29) is 11.3 Å². The van der Waals surface area contributed by atoms with Gasteiger partial charge in [-0.2, -0.15) is 5.10 Å². The summed E-state index contributed by atoms with van der Waals surface area (Å²) in [4.78, 5) is 17.9. The van der Waals surface area contributed by atoms with Crippen LogP contribution in [0, 0.1) is 46.3 Å². The van der Waals surface area contributed by atoms with Crippen molar-refractivity contribution in [1.82, 2.24) is 14.8 Å². The number of hydrogen-bond donors (Lipinski definition) is 1. The maximum atomic E-state index is 13.6. The fraction of sp³-hybridized carbons (Fsp3) is 0.759.